The number of ether oxygens (including phenoxy) is 2. The first-order valence-electron chi connectivity index (χ1n) is 19.1. The van der Waals surface area contributed by atoms with E-state index in [9.17, 15) is 14.4 Å². The van der Waals surface area contributed by atoms with Crippen LogP contribution in [0.3, 0.4) is 0 Å². The quantitative estimate of drug-likeness (QED) is 0.0529. The first kappa shape index (κ1) is 40.7. The SMILES string of the molecule is CC/C=C(/C)CCC1ON=C(C(CCCC)(c2ccc(OC(=O)CCCCC)cc2)c2ccc(OC(=O)CCCCC(C)=O)cc2)C1(C)CC. The van der Waals surface area contributed by atoms with E-state index < -0.39 is 5.41 Å². The molecule has 2 aromatic carbocycles. The molecule has 1 aliphatic heterocycles. The average molecular weight is 688 g/mol. The molecule has 0 radical (unpaired) electrons. The van der Waals surface area contributed by atoms with E-state index in [0.717, 1.165) is 81.0 Å². The molecule has 0 saturated heterocycles. The summed E-state index contributed by atoms with van der Waals surface area (Å²) in [6, 6.07) is 15.8. The van der Waals surface area contributed by atoms with Gasteiger partial charge in [0.2, 0.25) is 0 Å². The van der Waals surface area contributed by atoms with Gasteiger partial charge in [-0.05, 0) is 101 Å². The van der Waals surface area contributed by atoms with Gasteiger partial charge in [0.1, 0.15) is 23.4 Å². The summed E-state index contributed by atoms with van der Waals surface area (Å²) in [6.45, 7) is 14.7. The molecule has 0 bridgehead atoms. The summed E-state index contributed by atoms with van der Waals surface area (Å²) in [7, 11) is 0. The second-order valence-corrected chi connectivity index (χ2v) is 14.2. The van der Waals surface area contributed by atoms with Crippen molar-refractivity contribution in [2.45, 2.75) is 156 Å². The summed E-state index contributed by atoms with van der Waals surface area (Å²) in [5.74, 6) is 0.628. The van der Waals surface area contributed by atoms with Crippen LogP contribution in [0.1, 0.15) is 156 Å². The average Bonchev–Trinajstić information content (AvgIpc) is 3.43. The maximum Gasteiger partial charge on any atom is 0.311 e. The van der Waals surface area contributed by atoms with Crippen LogP contribution in [-0.2, 0) is 24.6 Å². The Bertz CT molecular complexity index is 1440. The second-order valence-electron chi connectivity index (χ2n) is 14.2. The molecule has 7 heteroatoms. The Morgan fingerprint density at radius 3 is 1.76 bits per heavy atom. The number of unbranched alkanes of at least 4 members (excludes halogenated alkanes) is 4. The van der Waals surface area contributed by atoms with Gasteiger partial charge >= 0.3 is 11.9 Å². The fourth-order valence-electron chi connectivity index (χ4n) is 7.06. The van der Waals surface area contributed by atoms with Crippen molar-refractivity contribution in [3.8, 4) is 11.5 Å². The zero-order chi connectivity index (χ0) is 36.6. The zero-order valence-electron chi connectivity index (χ0n) is 31.8. The molecule has 274 valence electrons. The Kier molecular flexibility index (Phi) is 16.4. The molecule has 1 heterocycles. The third-order valence-corrected chi connectivity index (χ3v) is 10.2. The second kappa shape index (κ2) is 20.2. The number of carbonyl (C=O) groups excluding carboxylic acids is 3. The molecule has 0 amide bonds. The molecule has 3 unspecified atom stereocenters. The third kappa shape index (κ3) is 10.9. The smallest absolute Gasteiger partial charge is 0.311 e. The number of esters is 2. The Morgan fingerprint density at radius 2 is 1.28 bits per heavy atom. The van der Waals surface area contributed by atoms with Crippen LogP contribution >= 0.6 is 0 Å². The summed E-state index contributed by atoms with van der Waals surface area (Å²) >= 11 is 0. The maximum atomic E-state index is 12.6. The Balaban J connectivity index is 2.04. The molecule has 2 aromatic rings. The first-order valence-corrected chi connectivity index (χ1v) is 19.1. The number of benzene rings is 2. The number of oxime groups is 1. The number of allylic oxidation sites excluding steroid dienone is 2. The lowest BCUT2D eigenvalue weighted by Gasteiger charge is -2.42. The van der Waals surface area contributed by atoms with E-state index in [1.165, 1.54) is 5.57 Å². The summed E-state index contributed by atoms with van der Waals surface area (Å²) in [6.07, 6.45) is 14.0. The van der Waals surface area contributed by atoms with Crippen molar-refractivity contribution < 1.29 is 28.7 Å². The van der Waals surface area contributed by atoms with Gasteiger partial charge in [0.05, 0.1) is 11.1 Å². The molecule has 50 heavy (non-hydrogen) atoms. The number of ketones is 1. The molecule has 0 saturated carbocycles. The predicted octanol–water partition coefficient (Wildman–Crippen LogP) is 11.0. The highest BCUT2D eigenvalue weighted by Crippen LogP contribution is 2.51. The minimum Gasteiger partial charge on any atom is -0.427 e. The van der Waals surface area contributed by atoms with Crippen molar-refractivity contribution in [3.63, 3.8) is 0 Å². The van der Waals surface area contributed by atoms with E-state index in [1.54, 1.807) is 6.92 Å². The van der Waals surface area contributed by atoms with Crippen molar-refractivity contribution in [1.29, 1.82) is 0 Å². The highest BCUT2D eigenvalue weighted by Gasteiger charge is 2.54. The maximum absolute atomic E-state index is 12.6. The number of nitrogens with zero attached hydrogens (tertiary/aromatic N) is 1. The van der Waals surface area contributed by atoms with Gasteiger partial charge in [-0.3, -0.25) is 9.59 Å². The largest absolute Gasteiger partial charge is 0.427 e. The molecular weight excluding hydrogens is 626 g/mol. The van der Waals surface area contributed by atoms with Crippen molar-refractivity contribution in [1.82, 2.24) is 0 Å². The first-order chi connectivity index (χ1) is 24.0. The number of hydrogen-bond acceptors (Lipinski definition) is 7. The molecule has 0 N–H and O–H groups in total. The topological polar surface area (TPSA) is 91.3 Å². The number of carbonyl (C=O) groups is 3. The third-order valence-electron chi connectivity index (χ3n) is 10.2. The molecule has 7 nitrogen and oxygen atoms in total. The lowest BCUT2D eigenvalue weighted by atomic mass is 9.59. The monoisotopic (exact) mass is 687 g/mol. The molecule has 0 aromatic heterocycles. The molecule has 0 spiro atoms. The van der Waals surface area contributed by atoms with E-state index >= 15 is 0 Å². The van der Waals surface area contributed by atoms with Gasteiger partial charge in [-0.15, -0.1) is 0 Å². The van der Waals surface area contributed by atoms with Gasteiger partial charge in [0.25, 0.3) is 0 Å². The van der Waals surface area contributed by atoms with E-state index in [2.05, 4.69) is 71.9 Å². The van der Waals surface area contributed by atoms with Gasteiger partial charge in [-0.25, -0.2) is 0 Å². The highest BCUT2D eigenvalue weighted by molar-refractivity contribution is 6.03. The van der Waals surface area contributed by atoms with Gasteiger partial charge in [-0.1, -0.05) is 101 Å². The highest BCUT2D eigenvalue weighted by atomic mass is 16.6. The van der Waals surface area contributed by atoms with Crippen LogP contribution in [0.4, 0.5) is 0 Å². The molecule has 1 aliphatic rings. The van der Waals surface area contributed by atoms with Crippen molar-refractivity contribution in [3.05, 3.63) is 71.3 Å². The minimum absolute atomic E-state index is 0.0738. The van der Waals surface area contributed by atoms with E-state index in [1.807, 2.05) is 24.3 Å². The molecule has 3 atom stereocenters. The van der Waals surface area contributed by atoms with Gasteiger partial charge < -0.3 is 19.1 Å². The number of Topliss-reactive ketones (excluding diaryl/α,β-unsaturated/α-hetero) is 1. The van der Waals surface area contributed by atoms with Crippen molar-refractivity contribution in [2.75, 3.05) is 0 Å². The Hall–Kier alpha value is -3.74. The van der Waals surface area contributed by atoms with Gasteiger partial charge in [0.15, 0.2) is 0 Å². The number of rotatable bonds is 22. The van der Waals surface area contributed by atoms with Crippen LogP contribution < -0.4 is 9.47 Å². The van der Waals surface area contributed by atoms with E-state index in [4.69, 9.17) is 19.5 Å². The fraction of sp³-hybridized carbons (Fsp3) is 0.581. The van der Waals surface area contributed by atoms with Gasteiger partial charge in [-0.2, -0.15) is 0 Å². The molecule has 3 rings (SSSR count). The van der Waals surface area contributed by atoms with Gasteiger partial charge in [0, 0.05) is 24.7 Å². The summed E-state index contributed by atoms with van der Waals surface area (Å²) < 4.78 is 11.4. The summed E-state index contributed by atoms with van der Waals surface area (Å²) in [4.78, 5) is 42.8. The molecule has 0 fully saturated rings. The van der Waals surface area contributed by atoms with Crippen molar-refractivity contribution in [2.24, 2.45) is 10.6 Å². The van der Waals surface area contributed by atoms with Crippen LogP contribution in [0.2, 0.25) is 0 Å². The zero-order valence-corrected chi connectivity index (χ0v) is 31.8. The lowest BCUT2D eigenvalue weighted by Crippen LogP contribution is -2.48. The predicted molar refractivity (Wildman–Crippen MR) is 202 cm³/mol. The fourth-order valence-corrected chi connectivity index (χ4v) is 7.06. The van der Waals surface area contributed by atoms with Crippen LogP contribution in [0.25, 0.3) is 0 Å². The minimum atomic E-state index is -0.636. The van der Waals surface area contributed by atoms with E-state index in [-0.39, 0.29) is 35.7 Å². The molecule has 0 aliphatic carbocycles. The van der Waals surface area contributed by atoms with E-state index in [0.29, 0.717) is 37.2 Å². The van der Waals surface area contributed by atoms with Crippen LogP contribution in [-0.4, -0.2) is 29.5 Å². The Morgan fingerprint density at radius 1 is 0.760 bits per heavy atom. The normalized spacial score (nSPS) is 18.6. The summed E-state index contributed by atoms with van der Waals surface area (Å²) in [5.41, 5.74) is 3.49. The van der Waals surface area contributed by atoms with Crippen LogP contribution in [0.15, 0.2) is 65.3 Å². The van der Waals surface area contributed by atoms with Crippen LogP contribution in [0, 0.1) is 5.41 Å². The van der Waals surface area contributed by atoms with Crippen LogP contribution in [0.5, 0.6) is 11.5 Å². The number of hydrogen-bond donors (Lipinski definition) is 0. The lowest BCUT2D eigenvalue weighted by molar-refractivity contribution is -0.135. The van der Waals surface area contributed by atoms with Crippen molar-refractivity contribution >= 4 is 23.4 Å². The Labute approximate surface area is 301 Å². The standard InChI is InChI=1S/C43H61NO6/c1-8-12-14-19-39(46)48-36-26-22-34(23-27-36)43(31-13-9-2,41-42(7,11-4)38(50-44-41)30-21-32(5)17-10-3)35-24-28-37(29-25-35)49-40(47)20-16-15-18-33(6)45/h17,22-29,38H,8-16,18-21,30-31H2,1-7H3/b32-17-. The summed E-state index contributed by atoms with van der Waals surface area (Å²) in [5, 5.41) is 4.98. The molecular formula is C43H61NO6.